The first kappa shape index (κ1) is 11.8. The van der Waals surface area contributed by atoms with Crippen LogP contribution in [0.4, 0.5) is 0 Å². The zero-order valence-corrected chi connectivity index (χ0v) is 11.2. The first-order chi connectivity index (χ1) is 8.39. The maximum absolute atomic E-state index is 6.03. The first-order valence-corrected chi connectivity index (χ1v) is 6.21. The second kappa shape index (κ2) is 3.62. The van der Waals surface area contributed by atoms with Gasteiger partial charge in [-0.15, -0.1) is 0 Å². The van der Waals surface area contributed by atoms with Gasteiger partial charge in [0.1, 0.15) is 0 Å². The van der Waals surface area contributed by atoms with Crippen LogP contribution in [0.25, 0.3) is 11.1 Å². The van der Waals surface area contributed by atoms with Gasteiger partial charge in [0, 0.05) is 5.56 Å². The largest absolute Gasteiger partial charge is 0.494 e. The Hall–Kier alpha value is -1.26. The smallest absolute Gasteiger partial charge is 0.472 e. The molecule has 94 valence electrons. The second-order valence-electron chi connectivity index (χ2n) is 5.84. The van der Waals surface area contributed by atoms with E-state index in [9.17, 15) is 0 Å². The minimum absolute atomic E-state index is 0.300. The molecule has 3 nitrogen and oxygen atoms in total. The maximum atomic E-state index is 6.03. The Labute approximate surface area is 108 Å². The molecule has 0 spiro atoms. The Morgan fingerprint density at radius 1 is 0.944 bits per heavy atom. The van der Waals surface area contributed by atoms with E-state index < -0.39 is 0 Å². The lowest BCUT2D eigenvalue weighted by Gasteiger charge is -2.32. The lowest BCUT2D eigenvalue weighted by atomic mass is 9.81. The van der Waals surface area contributed by atoms with Gasteiger partial charge in [-0.3, -0.25) is 0 Å². The van der Waals surface area contributed by atoms with Gasteiger partial charge in [0.2, 0.25) is 0 Å². The highest BCUT2D eigenvalue weighted by atomic mass is 16.7. The fourth-order valence-electron chi connectivity index (χ4n) is 2.15. The highest BCUT2D eigenvalue weighted by molar-refractivity contribution is 6.62. The van der Waals surface area contributed by atoms with Crippen molar-refractivity contribution in [3.05, 3.63) is 30.7 Å². The van der Waals surface area contributed by atoms with Crippen LogP contribution in [0.1, 0.15) is 27.7 Å². The van der Waals surface area contributed by atoms with Gasteiger partial charge in [0.25, 0.3) is 0 Å². The van der Waals surface area contributed by atoms with E-state index >= 15 is 0 Å². The third-order valence-corrected chi connectivity index (χ3v) is 4.02. The van der Waals surface area contributed by atoms with Crippen molar-refractivity contribution in [1.82, 2.24) is 0 Å². The van der Waals surface area contributed by atoms with Gasteiger partial charge in [0.15, 0.2) is 0 Å². The number of hydrogen-bond acceptors (Lipinski definition) is 3. The molecule has 3 aliphatic rings. The zero-order chi connectivity index (χ0) is 13.0. The van der Waals surface area contributed by atoms with Crippen molar-refractivity contribution in [3.8, 4) is 11.1 Å². The molecule has 0 aromatic heterocycles. The summed E-state index contributed by atoms with van der Waals surface area (Å²) in [6.07, 6.45) is 3.42. The molecule has 4 heteroatoms. The molecule has 2 heterocycles. The van der Waals surface area contributed by atoms with Crippen molar-refractivity contribution in [2.45, 2.75) is 38.9 Å². The summed E-state index contributed by atoms with van der Waals surface area (Å²) < 4.78 is 17.2. The van der Waals surface area contributed by atoms with Crippen LogP contribution in [0.2, 0.25) is 0 Å². The molecule has 1 aliphatic carbocycles. The maximum Gasteiger partial charge on any atom is 0.494 e. The highest BCUT2D eigenvalue weighted by Crippen LogP contribution is 2.37. The minimum Gasteiger partial charge on any atom is -0.472 e. The van der Waals surface area contributed by atoms with Crippen molar-refractivity contribution < 1.29 is 13.7 Å². The molecule has 0 N–H and O–H groups in total. The van der Waals surface area contributed by atoms with E-state index in [2.05, 4.69) is 39.8 Å². The number of rotatable bonds is 1. The summed E-state index contributed by atoms with van der Waals surface area (Å²) in [7, 11) is -0.303. The average Bonchev–Trinajstić information content (AvgIpc) is 2.78. The van der Waals surface area contributed by atoms with Crippen molar-refractivity contribution in [2.24, 2.45) is 0 Å². The van der Waals surface area contributed by atoms with Crippen molar-refractivity contribution in [3.63, 3.8) is 0 Å². The molecular formula is C14H17BO3. The van der Waals surface area contributed by atoms with Crippen LogP contribution in [-0.4, -0.2) is 18.3 Å². The molecular weight excluding hydrogens is 227 g/mol. The van der Waals surface area contributed by atoms with E-state index in [0.29, 0.717) is 0 Å². The van der Waals surface area contributed by atoms with E-state index in [0.717, 1.165) is 16.6 Å². The van der Waals surface area contributed by atoms with E-state index in [4.69, 9.17) is 13.7 Å². The van der Waals surface area contributed by atoms with Crippen molar-refractivity contribution in [1.29, 1.82) is 0 Å². The standard InChI is InChI=1S/C14H17BO3/c1-13(2)14(3,4)18-15(17-13)12-7-10-5-6-16-9-11(10)8-12/h5-9H,1-4H3. The van der Waals surface area contributed by atoms with Gasteiger partial charge < -0.3 is 13.7 Å². The summed E-state index contributed by atoms with van der Waals surface area (Å²) in [5.74, 6) is 0. The number of hydrogen-bond donors (Lipinski definition) is 0. The molecule has 2 aliphatic heterocycles. The molecule has 1 fully saturated rings. The van der Waals surface area contributed by atoms with Gasteiger partial charge in [0.05, 0.1) is 23.7 Å². The van der Waals surface area contributed by atoms with Crippen LogP contribution in [0.15, 0.2) is 35.1 Å². The zero-order valence-electron chi connectivity index (χ0n) is 11.2. The Morgan fingerprint density at radius 3 is 2.17 bits per heavy atom. The summed E-state index contributed by atoms with van der Waals surface area (Å²) in [4.78, 5) is 0. The van der Waals surface area contributed by atoms with Crippen LogP contribution in [-0.2, 0) is 9.31 Å². The average molecular weight is 244 g/mol. The monoisotopic (exact) mass is 244 g/mol. The van der Waals surface area contributed by atoms with Crippen LogP contribution < -0.4 is 5.46 Å². The Morgan fingerprint density at radius 2 is 1.56 bits per heavy atom. The lowest BCUT2D eigenvalue weighted by Crippen LogP contribution is -2.41. The Bertz CT molecular complexity index is 498. The fourth-order valence-corrected chi connectivity index (χ4v) is 2.15. The van der Waals surface area contributed by atoms with Crippen molar-refractivity contribution >= 4 is 12.6 Å². The predicted molar refractivity (Wildman–Crippen MR) is 71.0 cm³/mol. The van der Waals surface area contributed by atoms with Crippen LogP contribution in [0.3, 0.4) is 0 Å². The lowest BCUT2D eigenvalue weighted by molar-refractivity contribution is 0.00578. The van der Waals surface area contributed by atoms with Crippen LogP contribution in [0.5, 0.6) is 0 Å². The summed E-state index contributed by atoms with van der Waals surface area (Å²) in [6.45, 7) is 8.24. The fraction of sp³-hybridized carbons (Fsp3) is 0.429. The first-order valence-electron chi connectivity index (χ1n) is 6.21. The van der Waals surface area contributed by atoms with Gasteiger partial charge in [-0.1, -0.05) is 12.1 Å². The molecule has 0 amide bonds. The minimum atomic E-state index is -0.303. The summed E-state index contributed by atoms with van der Waals surface area (Å²) >= 11 is 0. The molecule has 0 saturated carbocycles. The van der Waals surface area contributed by atoms with Crippen LogP contribution >= 0.6 is 0 Å². The van der Waals surface area contributed by atoms with Gasteiger partial charge in [-0.2, -0.15) is 0 Å². The number of fused-ring (bicyclic) bond motifs is 1. The quantitative estimate of drug-likeness (QED) is 0.723. The van der Waals surface area contributed by atoms with Gasteiger partial charge in [-0.25, -0.2) is 0 Å². The molecule has 0 radical (unpaired) electrons. The molecule has 0 aromatic rings. The third-order valence-electron chi connectivity index (χ3n) is 4.02. The predicted octanol–water partition coefficient (Wildman–Crippen LogP) is 2.68. The Balaban J connectivity index is 1.96. The van der Waals surface area contributed by atoms with Gasteiger partial charge in [-0.05, 0) is 44.8 Å². The van der Waals surface area contributed by atoms with Crippen LogP contribution in [0, 0.1) is 0 Å². The van der Waals surface area contributed by atoms with E-state index in [1.165, 1.54) is 0 Å². The molecule has 18 heavy (non-hydrogen) atoms. The highest BCUT2D eigenvalue weighted by Gasteiger charge is 2.51. The van der Waals surface area contributed by atoms with E-state index in [1.54, 1.807) is 12.5 Å². The second-order valence-corrected chi connectivity index (χ2v) is 5.84. The summed E-state index contributed by atoms with van der Waals surface area (Å²) in [5, 5.41) is 0. The SMILES string of the molecule is CC1(C)OB(c2cc3ccocc-3c2)OC1(C)C. The van der Waals surface area contributed by atoms with E-state index in [1.807, 2.05) is 6.07 Å². The molecule has 1 saturated heterocycles. The van der Waals surface area contributed by atoms with Crippen molar-refractivity contribution in [2.75, 3.05) is 0 Å². The van der Waals surface area contributed by atoms with Gasteiger partial charge >= 0.3 is 7.12 Å². The summed E-state index contributed by atoms with van der Waals surface area (Å²) in [6, 6.07) is 6.10. The topological polar surface area (TPSA) is 31.6 Å². The normalized spacial score (nSPS) is 21.7. The molecule has 0 atom stereocenters. The molecule has 0 aromatic carbocycles. The molecule has 0 bridgehead atoms. The Kier molecular flexibility index (Phi) is 2.38. The summed E-state index contributed by atoms with van der Waals surface area (Å²) in [5.41, 5.74) is 2.66. The molecule has 0 unspecified atom stereocenters. The molecule has 3 rings (SSSR count). The van der Waals surface area contributed by atoms with E-state index in [-0.39, 0.29) is 18.3 Å². The third kappa shape index (κ3) is 1.68.